The Labute approximate surface area is 79.7 Å². The van der Waals surface area contributed by atoms with Gasteiger partial charge in [-0.3, -0.25) is 4.79 Å². The highest BCUT2D eigenvalue weighted by Gasteiger charge is 2.45. The van der Waals surface area contributed by atoms with Crippen molar-refractivity contribution in [2.45, 2.75) is 51.6 Å². The van der Waals surface area contributed by atoms with Crippen LogP contribution in [0.1, 0.15) is 45.4 Å². The second-order valence-corrected chi connectivity index (χ2v) is 4.31. The van der Waals surface area contributed by atoms with Gasteiger partial charge in [0.15, 0.2) is 0 Å². The van der Waals surface area contributed by atoms with Gasteiger partial charge in [-0.05, 0) is 25.2 Å². The average Bonchev–Trinajstić information content (AvgIpc) is 2.16. The molecule has 0 spiro atoms. The molecule has 0 amide bonds. The van der Waals surface area contributed by atoms with Crippen molar-refractivity contribution in [3.63, 3.8) is 0 Å². The molecule has 2 rings (SSSR count). The van der Waals surface area contributed by atoms with E-state index in [1.165, 1.54) is 32.1 Å². The van der Waals surface area contributed by atoms with Gasteiger partial charge in [-0.25, -0.2) is 0 Å². The van der Waals surface area contributed by atoms with Crippen molar-refractivity contribution in [3.8, 4) is 0 Å². The summed E-state index contributed by atoms with van der Waals surface area (Å²) in [4.78, 5) is 11.1. The molecule has 0 radical (unpaired) electrons. The van der Waals surface area contributed by atoms with Gasteiger partial charge in [-0.2, -0.15) is 0 Å². The van der Waals surface area contributed by atoms with Crippen LogP contribution >= 0.6 is 0 Å². The number of rotatable bonds is 2. The minimum Gasteiger partial charge on any atom is -0.461 e. The largest absolute Gasteiger partial charge is 0.461 e. The third kappa shape index (κ3) is 1.59. The standard InChI is InChI=1S/C11H18O2/c1-2-9-10(13-11(9)12)8-6-4-3-5-7-8/h8-10H,2-7H2,1H3. The molecule has 2 nitrogen and oxygen atoms in total. The molecule has 2 heteroatoms. The van der Waals surface area contributed by atoms with Crippen LogP contribution < -0.4 is 0 Å². The lowest BCUT2D eigenvalue weighted by atomic mass is 9.77. The Morgan fingerprint density at radius 2 is 2.00 bits per heavy atom. The van der Waals surface area contributed by atoms with Crippen molar-refractivity contribution >= 4 is 5.97 Å². The summed E-state index contributed by atoms with van der Waals surface area (Å²) in [5.74, 6) is 0.942. The molecule has 0 N–H and O–H groups in total. The molecule has 1 saturated carbocycles. The minimum atomic E-state index is 0.0399. The highest BCUT2D eigenvalue weighted by Crippen LogP contribution is 2.38. The van der Waals surface area contributed by atoms with E-state index in [-0.39, 0.29) is 18.0 Å². The maximum absolute atomic E-state index is 11.1. The molecule has 1 aliphatic heterocycles. The minimum absolute atomic E-state index is 0.0399. The summed E-state index contributed by atoms with van der Waals surface area (Å²) in [5.41, 5.74) is 0. The molecule has 0 aromatic heterocycles. The SMILES string of the molecule is CCC1C(=O)OC1C1CCCCC1. The van der Waals surface area contributed by atoms with E-state index in [2.05, 4.69) is 6.92 Å². The molecule has 0 aromatic rings. The van der Waals surface area contributed by atoms with Crippen molar-refractivity contribution in [1.82, 2.24) is 0 Å². The van der Waals surface area contributed by atoms with Crippen LogP contribution in [-0.4, -0.2) is 12.1 Å². The van der Waals surface area contributed by atoms with Gasteiger partial charge in [0.05, 0.1) is 5.92 Å². The maximum Gasteiger partial charge on any atom is 0.313 e. The van der Waals surface area contributed by atoms with Crippen LogP contribution in [0.5, 0.6) is 0 Å². The molecule has 0 bridgehead atoms. The summed E-state index contributed by atoms with van der Waals surface area (Å²) in [6, 6.07) is 0. The summed E-state index contributed by atoms with van der Waals surface area (Å²) < 4.78 is 5.24. The monoisotopic (exact) mass is 182 g/mol. The molecule has 1 aliphatic carbocycles. The molecule has 2 atom stereocenters. The molecule has 2 unspecified atom stereocenters. The van der Waals surface area contributed by atoms with E-state index in [9.17, 15) is 4.79 Å². The summed E-state index contributed by atoms with van der Waals surface area (Å²) in [6.45, 7) is 2.08. The lowest BCUT2D eigenvalue weighted by molar-refractivity contribution is -0.193. The first-order valence-corrected chi connectivity index (χ1v) is 5.53. The second kappa shape index (κ2) is 3.69. The molecule has 1 saturated heterocycles. The average molecular weight is 182 g/mol. The summed E-state index contributed by atoms with van der Waals surface area (Å²) >= 11 is 0. The Morgan fingerprint density at radius 1 is 1.31 bits per heavy atom. The van der Waals surface area contributed by atoms with E-state index in [1.54, 1.807) is 0 Å². The fourth-order valence-corrected chi connectivity index (χ4v) is 2.65. The summed E-state index contributed by atoms with van der Waals surface area (Å²) in [7, 11) is 0. The first-order chi connectivity index (χ1) is 6.33. The Morgan fingerprint density at radius 3 is 2.54 bits per heavy atom. The van der Waals surface area contributed by atoms with Gasteiger partial charge in [0.2, 0.25) is 0 Å². The van der Waals surface area contributed by atoms with Gasteiger partial charge in [0.1, 0.15) is 6.10 Å². The van der Waals surface area contributed by atoms with Gasteiger partial charge in [0.25, 0.3) is 0 Å². The summed E-state index contributed by atoms with van der Waals surface area (Å²) in [6.07, 6.45) is 7.80. The maximum atomic E-state index is 11.1. The predicted octanol–water partition coefficient (Wildman–Crippen LogP) is 2.52. The molecule has 0 aromatic carbocycles. The number of carbonyl (C=O) groups is 1. The van der Waals surface area contributed by atoms with Gasteiger partial charge in [-0.1, -0.05) is 26.2 Å². The highest BCUT2D eigenvalue weighted by atomic mass is 16.6. The number of cyclic esters (lactones) is 1. The fraction of sp³-hybridized carbons (Fsp3) is 0.909. The number of esters is 1. The Bertz CT molecular complexity index is 194. The van der Waals surface area contributed by atoms with Crippen molar-refractivity contribution < 1.29 is 9.53 Å². The molecular weight excluding hydrogens is 164 g/mol. The van der Waals surface area contributed by atoms with Gasteiger partial charge < -0.3 is 4.74 Å². The zero-order valence-corrected chi connectivity index (χ0v) is 8.29. The lowest BCUT2D eigenvalue weighted by Crippen LogP contribution is -2.49. The van der Waals surface area contributed by atoms with Crippen LogP contribution in [0.25, 0.3) is 0 Å². The van der Waals surface area contributed by atoms with Crippen LogP contribution in [0.4, 0.5) is 0 Å². The van der Waals surface area contributed by atoms with E-state index in [4.69, 9.17) is 4.74 Å². The van der Waals surface area contributed by atoms with E-state index in [0.29, 0.717) is 5.92 Å². The fourth-order valence-electron chi connectivity index (χ4n) is 2.65. The van der Waals surface area contributed by atoms with Gasteiger partial charge in [-0.15, -0.1) is 0 Å². The molecule has 1 heterocycles. The van der Waals surface area contributed by atoms with Gasteiger partial charge >= 0.3 is 5.97 Å². The zero-order valence-electron chi connectivity index (χ0n) is 8.29. The normalized spacial score (nSPS) is 35.3. The molecule has 2 aliphatic rings. The quantitative estimate of drug-likeness (QED) is 0.613. The first kappa shape index (κ1) is 9.04. The molecule has 2 fully saturated rings. The van der Waals surface area contributed by atoms with Crippen molar-refractivity contribution in [3.05, 3.63) is 0 Å². The van der Waals surface area contributed by atoms with Crippen molar-refractivity contribution in [2.75, 3.05) is 0 Å². The van der Waals surface area contributed by atoms with Crippen LogP contribution in [0.15, 0.2) is 0 Å². The second-order valence-electron chi connectivity index (χ2n) is 4.31. The van der Waals surface area contributed by atoms with E-state index in [0.717, 1.165) is 6.42 Å². The van der Waals surface area contributed by atoms with E-state index >= 15 is 0 Å². The van der Waals surface area contributed by atoms with Gasteiger partial charge in [0, 0.05) is 0 Å². The lowest BCUT2D eigenvalue weighted by Gasteiger charge is -2.41. The number of carbonyl (C=O) groups excluding carboxylic acids is 1. The zero-order chi connectivity index (χ0) is 9.26. The Balaban J connectivity index is 1.89. The number of hydrogen-bond acceptors (Lipinski definition) is 2. The van der Waals surface area contributed by atoms with E-state index in [1.807, 2.05) is 0 Å². The third-order valence-corrected chi connectivity index (χ3v) is 3.51. The number of ether oxygens (including phenoxy) is 1. The Kier molecular flexibility index (Phi) is 2.56. The Hall–Kier alpha value is -0.530. The smallest absolute Gasteiger partial charge is 0.313 e. The predicted molar refractivity (Wildman–Crippen MR) is 50.2 cm³/mol. The number of hydrogen-bond donors (Lipinski definition) is 0. The van der Waals surface area contributed by atoms with Crippen LogP contribution in [0.2, 0.25) is 0 Å². The molecular formula is C11H18O2. The summed E-state index contributed by atoms with van der Waals surface area (Å²) in [5, 5.41) is 0. The molecule has 13 heavy (non-hydrogen) atoms. The van der Waals surface area contributed by atoms with Crippen LogP contribution in [0.3, 0.4) is 0 Å². The van der Waals surface area contributed by atoms with E-state index < -0.39 is 0 Å². The van der Waals surface area contributed by atoms with Crippen LogP contribution in [-0.2, 0) is 9.53 Å². The molecule has 74 valence electrons. The van der Waals surface area contributed by atoms with Crippen molar-refractivity contribution in [2.24, 2.45) is 11.8 Å². The first-order valence-electron chi connectivity index (χ1n) is 5.53. The highest BCUT2D eigenvalue weighted by molar-refractivity contribution is 5.78. The third-order valence-electron chi connectivity index (χ3n) is 3.51. The van der Waals surface area contributed by atoms with Crippen molar-refractivity contribution in [1.29, 1.82) is 0 Å². The topological polar surface area (TPSA) is 26.3 Å². The van der Waals surface area contributed by atoms with Crippen LogP contribution in [0, 0.1) is 11.8 Å².